The first-order chi connectivity index (χ1) is 11.5. The third-order valence-electron chi connectivity index (χ3n) is 4.08. The number of nitrogens with one attached hydrogen (secondary N) is 1. The van der Waals surface area contributed by atoms with Gasteiger partial charge in [-0.05, 0) is 43.9 Å². The number of aromatic nitrogens is 3. The van der Waals surface area contributed by atoms with E-state index in [1.807, 2.05) is 37.3 Å². The molecule has 7 nitrogen and oxygen atoms in total. The molecule has 0 saturated heterocycles. The molecular formula is C17H19N5O2. The summed E-state index contributed by atoms with van der Waals surface area (Å²) < 4.78 is 1.48. The second-order valence-corrected chi connectivity index (χ2v) is 5.82. The van der Waals surface area contributed by atoms with Crippen LogP contribution in [0.25, 0.3) is 5.69 Å². The van der Waals surface area contributed by atoms with E-state index in [2.05, 4.69) is 15.6 Å². The van der Waals surface area contributed by atoms with Gasteiger partial charge in [0.1, 0.15) is 0 Å². The van der Waals surface area contributed by atoms with Crippen LogP contribution >= 0.6 is 0 Å². The fourth-order valence-corrected chi connectivity index (χ4v) is 2.67. The number of nitrogens with two attached hydrogens (primary N) is 1. The molecular weight excluding hydrogens is 306 g/mol. The smallest absolute Gasteiger partial charge is 0.270 e. The minimum absolute atomic E-state index is 0.00597. The fourth-order valence-electron chi connectivity index (χ4n) is 2.67. The van der Waals surface area contributed by atoms with E-state index in [9.17, 15) is 9.59 Å². The summed E-state index contributed by atoms with van der Waals surface area (Å²) in [6, 6.07) is 7.44. The van der Waals surface area contributed by atoms with E-state index in [0.29, 0.717) is 0 Å². The molecule has 0 radical (unpaired) electrons. The zero-order valence-corrected chi connectivity index (χ0v) is 13.4. The Morgan fingerprint density at radius 2 is 2.04 bits per heavy atom. The minimum Gasteiger partial charge on any atom is -0.364 e. The van der Waals surface area contributed by atoms with Crippen LogP contribution < -0.4 is 11.1 Å². The maximum atomic E-state index is 12.1. The van der Waals surface area contributed by atoms with Gasteiger partial charge in [-0.2, -0.15) is 0 Å². The summed E-state index contributed by atoms with van der Waals surface area (Å²) in [6.07, 6.45) is 6.38. The molecule has 124 valence electrons. The number of benzene rings is 1. The summed E-state index contributed by atoms with van der Waals surface area (Å²) in [5, 5.41) is 10.6. The molecule has 1 heterocycles. The molecule has 0 unspecified atom stereocenters. The van der Waals surface area contributed by atoms with Gasteiger partial charge in [-0.25, -0.2) is 4.68 Å². The third-order valence-corrected chi connectivity index (χ3v) is 4.08. The number of hydrogen-bond acceptors (Lipinski definition) is 4. The van der Waals surface area contributed by atoms with Crippen LogP contribution in [0.1, 0.15) is 48.3 Å². The van der Waals surface area contributed by atoms with Crippen LogP contribution in [0.2, 0.25) is 0 Å². The Morgan fingerprint density at radius 3 is 2.62 bits per heavy atom. The van der Waals surface area contributed by atoms with Crippen molar-refractivity contribution in [2.24, 2.45) is 5.73 Å². The lowest BCUT2D eigenvalue weighted by Crippen LogP contribution is -2.27. The summed E-state index contributed by atoms with van der Waals surface area (Å²) in [7, 11) is 0. The molecule has 1 aromatic carbocycles. The Labute approximate surface area is 139 Å². The Kier molecular flexibility index (Phi) is 4.41. The summed E-state index contributed by atoms with van der Waals surface area (Å²) in [5.74, 6) is -0.609. The number of carbonyl (C=O) groups excluding carboxylic acids is 2. The van der Waals surface area contributed by atoms with Crippen molar-refractivity contribution in [3.8, 4) is 5.69 Å². The second kappa shape index (κ2) is 6.66. The lowest BCUT2D eigenvalue weighted by atomic mass is 10.1. The quantitative estimate of drug-likeness (QED) is 0.872. The van der Waals surface area contributed by atoms with Gasteiger partial charge in [-0.3, -0.25) is 9.59 Å². The Bertz CT molecular complexity index is 792. The SMILES string of the molecule is C[C@H](NC(=O)C1=CCCC1)c1ccc(-n2cc(C(N)=O)nn2)cc1. The predicted octanol–water partition coefficient (Wildman–Crippen LogP) is 1.65. The molecule has 2 aromatic rings. The molecule has 1 aromatic heterocycles. The van der Waals surface area contributed by atoms with Crippen molar-refractivity contribution in [1.82, 2.24) is 20.3 Å². The van der Waals surface area contributed by atoms with Gasteiger partial charge in [0.25, 0.3) is 5.91 Å². The molecule has 1 atom stereocenters. The number of rotatable bonds is 5. The molecule has 2 amide bonds. The molecule has 0 saturated carbocycles. The van der Waals surface area contributed by atoms with E-state index in [4.69, 9.17) is 5.73 Å². The average molecular weight is 325 g/mol. The first-order valence-corrected chi connectivity index (χ1v) is 7.87. The highest BCUT2D eigenvalue weighted by molar-refractivity contribution is 5.94. The predicted molar refractivity (Wildman–Crippen MR) is 88.4 cm³/mol. The van der Waals surface area contributed by atoms with Gasteiger partial charge in [0.2, 0.25) is 5.91 Å². The first kappa shape index (κ1) is 15.9. The van der Waals surface area contributed by atoms with E-state index < -0.39 is 5.91 Å². The van der Waals surface area contributed by atoms with Crippen LogP contribution in [-0.2, 0) is 4.79 Å². The molecule has 1 aliphatic rings. The number of nitrogens with zero attached hydrogens (tertiary/aromatic N) is 3. The maximum Gasteiger partial charge on any atom is 0.270 e. The van der Waals surface area contributed by atoms with Gasteiger partial charge in [0, 0.05) is 5.57 Å². The van der Waals surface area contributed by atoms with E-state index >= 15 is 0 Å². The highest BCUT2D eigenvalue weighted by Gasteiger charge is 2.16. The van der Waals surface area contributed by atoms with Crippen molar-refractivity contribution < 1.29 is 9.59 Å². The molecule has 7 heteroatoms. The van der Waals surface area contributed by atoms with E-state index in [0.717, 1.165) is 36.1 Å². The van der Waals surface area contributed by atoms with Crippen molar-refractivity contribution >= 4 is 11.8 Å². The highest BCUT2D eigenvalue weighted by Crippen LogP contribution is 2.20. The van der Waals surface area contributed by atoms with Gasteiger partial charge < -0.3 is 11.1 Å². The molecule has 0 aliphatic heterocycles. The summed E-state index contributed by atoms with van der Waals surface area (Å²) in [6.45, 7) is 1.95. The Balaban J connectivity index is 1.69. The molecule has 3 N–H and O–H groups in total. The molecule has 1 aliphatic carbocycles. The molecule has 0 spiro atoms. The second-order valence-electron chi connectivity index (χ2n) is 5.82. The number of primary amides is 1. The van der Waals surface area contributed by atoms with Crippen LogP contribution in [0.5, 0.6) is 0 Å². The van der Waals surface area contributed by atoms with Crippen molar-refractivity contribution in [3.05, 3.63) is 53.4 Å². The van der Waals surface area contributed by atoms with Crippen LogP contribution in [0.3, 0.4) is 0 Å². The lowest BCUT2D eigenvalue weighted by Gasteiger charge is -2.15. The summed E-state index contributed by atoms with van der Waals surface area (Å²) in [4.78, 5) is 23.2. The van der Waals surface area contributed by atoms with E-state index in [-0.39, 0.29) is 17.6 Å². The van der Waals surface area contributed by atoms with Crippen LogP contribution in [-0.4, -0.2) is 26.8 Å². The number of amides is 2. The van der Waals surface area contributed by atoms with Gasteiger partial charge in [-0.1, -0.05) is 23.4 Å². The topological polar surface area (TPSA) is 103 Å². The standard InChI is InChI=1S/C17H19N5O2/c1-11(19-17(24)13-4-2-3-5-13)12-6-8-14(9-7-12)22-10-15(16(18)23)20-21-22/h4,6-11H,2-3,5H2,1H3,(H2,18,23)(H,19,24)/t11-/m0/s1. The van der Waals surface area contributed by atoms with Crippen LogP contribution in [0.15, 0.2) is 42.1 Å². The normalized spacial score (nSPS) is 15.0. The highest BCUT2D eigenvalue weighted by atomic mass is 16.2. The third kappa shape index (κ3) is 3.34. The number of hydrogen-bond donors (Lipinski definition) is 2. The molecule has 0 bridgehead atoms. The molecule has 0 fully saturated rings. The van der Waals surface area contributed by atoms with Crippen molar-refractivity contribution in [2.75, 3.05) is 0 Å². The monoisotopic (exact) mass is 325 g/mol. The lowest BCUT2D eigenvalue weighted by molar-refractivity contribution is -0.118. The number of allylic oxidation sites excluding steroid dienone is 1. The summed E-state index contributed by atoms with van der Waals surface area (Å²) in [5.41, 5.74) is 7.90. The van der Waals surface area contributed by atoms with Crippen molar-refractivity contribution in [2.45, 2.75) is 32.2 Å². The van der Waals surface area contributed by atoms with Gasteiger partial charge in [0.05, 0.1) is 17.9 Å². The zero-order valence-electron chi connectivity index (χ0n) is 13.4. The Hall–Kier alpha value is -2.96. The van der Waals surface area contributed by atoms with Gasteiger partial charge in [-0.15, -0.1) is 5.10 Å². The summed E-state index contributed by atoms with van der Waals surface area (Å²) >= 11 is 0. The number of carbonyl (C=O) groups is 2. The largest absolute Gasteiger partial charge is 0.364 e. The van der Waals surface area contributed by atoms with Crippen LogP contribution in [0, 0.1) is 0 Å². The van der Waals surface area contributed by atoms with Crippen molar-refractivity contribution in [1.29, 1.82) is 0 Å². The van der Waals surface area contributed by atoms with Crippen molar-refractivity contribution in [3.63, 3.8) is 0 Å². The Morgan fingerprint density at radius 1 is 1.29 bits per heavy atom. The first-order valence-electron chi connectivity index (χ1n) is 7.87. The van der Waals surface area contributed by atoms with E-state index in [1.165, 1.54) is 10.9 Å². The average Bonchev–Trinajstić information content (AvgIpc) is 3.26. The molecule has 24 heavy (non-hydrogen) atoms. The molecule has 3 rings (SSSR count). The maximum absolute atomic E-state index is 12.1. The van der Waals surface area contributed by atoms with Gasteiger partial charge in [0.15, 0.2) is 5.69 Å². The zero-order chi connectivity index (χ0) is 17.1. The van der Waals surface area contributed by atoms with Crippen LogP contribution in [0.4, 0.5) is 0 Å². The van der Waals surface area contributed by atoms with E-state index in [1.54, 1.807) is 0 Å². The fraction of sp³-hybridized carbons (Fsp3) is 0.294. The van der Waals surface area contributed by atoms with Gasteiger partial charge >= 0.3 is 0 Å². The minimum atomic E-state index is -0.615.